The number of alkyl halides is 6. The van der Waals surface area contributed by atoms with Crippen LogP contribution in [-0.2, 0) is 22.6 Å². The van der Waals surface area contributed by atoms with Gasteiger partial charge in [-0.1, -0.05) is 36.4 Å². The molecule has 3 aromatic rings. The number of aromatic carboxylic acids is 1. The second kappa shape index (κ2) is 17.6. The number of amides is 1. The van der Waals surface area contributed by atoms with E-state index in [1.54, 1.807) is 36.4 Å². The van der Waals surface area contributed by atoms with Crippen molar-refractivity contribution in [3.05, 3.63) is 82.9 Å². The molecule has 0 fully saturated rings. The molecule has 45 heavy (non-hydrogen) atoms. The third-order valence-corrected chi connectivity index (χ3v) is 5.88. The van der Waals surface area contributed by atoms with Crippen molar-refractivity contribution in [3.8, 4) is 0 Å². The van der Waals surface area contributed by atoms with E-state index in [9.17, 15) is 35.9 Å². The van der Waals surface area contributed by atoms with Gasteiger partial charge >= 0.3 is 30.3 Å². The van der Waals surface area contributed by atoms with Crippen molar-refractivity contribution in [2.45, 2.75) is 31.7 Å². The molecule has 0 aliphatic rings. The Morgan fingerprint density at radius 1 is 0.733 bits per heavy atom. The second-order valence-corrected chi connectivity index (χ2v) is 9.37. The summed E-state index contributed by atoms with van der Waals surface area (Å²) in [6.45, 7) is 2.86. The van der Waals surface area contributed by atoms with Crippen molar-refractivity contribution in [1.82, 2.24) is 10.2 Å². The van der Waals surface area contributed by atoms with Gasteiger partial charge in [0, 0.05) is 25.2 Å². The first kappa shape index (κ1) is 38.3. The van der Waals surface area contributed by atoms with E-state index in [0.29, 0.717) is 18.7 Å². The van der Waals surface area contributed by atoms with Gasteiger partial charge in [-0.05, 0) is 72.6 Å². The summed E-state index contributed by atoms with van der Waals surface area (Å²) >= 11 is 0. The molecule has 0 unspecified atom stereocenters. The number of aryl methyl sites for hydroxylation is 1. The summed E-state index contributed by atoms with van der Waals surface area (Å²) in [7, 11) is 2.06. The number of nitrogens with one attached hydrogen (secondary N) is 1. The Hall–Kier alpha value is -4.70. The van der Waals surface area contributed by atoms with Gasteiger partial charge in [-0.25, -0.2) is 14.4 Å². The molecule has 16 heteroatoms. The Kier molecular flexibility index (Phi) is 15.0. The fraction of sp³-hybridized carbons (Fsp3) is 0.310. The van der Waals surface area contributed by atoms with Crippen LogP contribution in [0.25, 0.3) is 10.8 Å². The van der Waals surface area contributed by atoms with Crippen molar-refractivity contribution in [3.63, 3.8) is 0 Å². The highest BCUT2D eigenvalue weighted by Crippen LogP contribution is 2.18. The maximum absolute atomic E-state index is 12.5. The molecule has 3 rings (SSSR count). The lowest BCUT2D eigenvalue weighted by Crippen LogP contribution is -2.33. The van der Waals surface area contributed by atoms with Crippen LogP contribution in [0.2, 0.25) is 0 Å². The quantitative estimate of drug-likeness (QED) is 0.198. The summed E-state index contributed by atoms with van der Waals surface area (Å²) in [5.74, 6) is -6.60. The van der Waals surface area contributed by atoms with Crippen LogP contribution in [0.15, 0.2) is 60.7 Å². The molecule has 0 aliphatic heterocycles. The predicted molar refractivity (Wildman–Crippen MR) is 151 cm³/mol. The number of likely N-dealkylation sites (N-methyl/N-ethyl adjacent to an activating group) is 1. The number of carbonyl (C=O) groups is 4. The molecule has 0 bridgehead atoms. The van der Waals surface area contributed by atoms with Crippen LogP contribution in [0.4, 0.5) is 26.3 Å². The summed E-state index contributed by atoms with van der Waals surface area (Å²) in [6.07, 6.45) is -8.10. The molecular formula is C29H31F6N3O7. The maximum Gasteiger partial charge on any atom is 0.490 e. The van der Waals surface area contributed by atoms with Crippen molar-refractivity contribution in [1.29, 1.82) is 0 Å². The summed E-state index contributed by atoms with van der Waals surface area (Å²) < 4.78 is 63.5. The Morgan fingerprint density at radius 2 is 1.18 bits per heavy atom. The van der Waals surface area contributed by atoms with Gasteiger partial charge in [0.2, 0.25) is 0 Å². The highest BCUT2D eigenvalue weighted by atomic mass is 19.4. The molecule has 0 heterocycles. The number of hydrogen-bond acceptors (Lipinski definition) is 6. The van der Waals surface area contributed by atoms with Crippen LogP contribution in [0, 0.1) is 0 Å². The van der Waals surface area contributed by atoms with Gasteiger partial charge in [0.05, 0.1) is 5.56 Å². The molecule has 0 saturated heterocycles. The SMILES string of the molecule is CN(CCCc1ccc(CN)cc1)CCNC(=O)c1ccc2cc(C(=O)O)ccc2c1.O=C(O)C(F)(F)F.O=C(O)C(F)(F)F. The van der Waals surface area contributed by atoms with E-state index in [1.165, 1.54) is 5.56 Å². The van der Waals surface area contributed by atoms with Crippen LogP contribution in [0.1, 0.15) is 38.3 Å². The third kappa shape index (κ3) is 14.6. The van der Waals surface area contributed by atoms with Crippen LogP contribution in [-0.4, -0.2) is 83.1 Å². The zero-order valence-corrected chi connectivity index (χ0v) is 23.8. The molecule has 10 nitrogen and oxygen atoms in total. The Labute approximate surface area is 253 Å². The van der Waals surface area contributed by atoms with Crippen molar-refractivity contribution >= 4 is 34.6 Å². The maximum atomic E-state index is 12.5. The van der Waals surface area contributed by atoms with E-state index < -0.39 is 30.3 Å². The average Bonchev–Trinajstić information content (AvgIpc) is 2.96. The fourth-order valence-electron chi connectivity index (χ4n) is 3.49. The molecule has 0 spiro atoms. The molecule has 0 atom stereocenters. The Balaban J connectivity index is 0.000000601. The minimum atomic E-state index is -5.08. The summed E-state index contributed by atoms with van der Waals surface area (Å²) in [5.41, 5.74) is 8.89. The summed E-state index contributed by atoms with van der Waals surface area (Å²) in [4.78, 5) is 43.5. The average molecular weight is 648 g/mol. The van der Waals surface area contributed by atoms with E-state index >= 15 is 0 Å². The number of halogens is 6. The van der Waals surface area contributed by atoms with Gasteiger partial charge in [0.25, 0.3) is 5.91 Å². The van der Waals surface area contributed by atoms with Crippen LogP contribution < -0.4 is 11.1 Å². The van der Waals surface area contributed by atoms with Gasteiger partial charge in [-0.3, -0.25) is 4.79 Å². The zero-order valence-electron chi connectivity index (χ0n) is 23.8. The molecule has 1 amide bonds. The number of rotatable bonds is 10. The number of hydrogen-bond donors (Lipinski definition) is 5. The van der Waals surface area contributed by atoms with Crippen molar-refractivity contribution in [2.75, 3.05) is 26.7 Å². The number of carboxylic acid groups (broad SMARTS) is 3. The van der Waals surface area contributed by atoms with Gasteiger partial charge in [-0.15, -0.1) is 0 Å². The largest absolute Gasteiger partial charge is 0.490 e. The topological polar surface area (TPSA) is 170 Å². The minimum absolute atomic E-state index is 0.127. The second-order valence-electron chi connectivity index (χ2n) is 9.37. The zero-order chi connectivity index (χ0) is 34.4. The van der Waals surface area contributed by atoms with Gasteiger partial charge in [0.1, 0.15) is 0 Å². The molecule has 0 aromatic heterocycles. The highest BCUT2D eigenvalue weighted by molar-refractivity contribution is 6.00. The normalized spacial score (nSPS) is 11.1. The highest BCUT2D eigenvalue weighted by Gasteiger charge is 2.38. The van der Waals surface area contributed by atoms with Crippen LogP contribution >= 0.6 is 0 Å². The molecule has 6 N–H and O–H groups in total. The Morgan fingerprint density at radius 3 is 1.62 bits per heavy atom. The first-order valence-electron chi connectivity index (χ1n) is 13.0. The lowest BCUT2D eigenvalue weighted by Gasteiger charge is -2.17. The number of carboxylic acids is 3. The standard InChI is InChI=1S/C25H29N3O3.2C2HF3O2/c1-28(13-2-3-18-4-6-19(17-26)7-5-18)14-12-27-24(29)22-10-8-21-16-23(25(30)31)11-9-20(21)15-22;2*3-2(4,5)1(6)7/h4-11,15-16H,2-3,12-14,17,26H2,1H3,(H,27,29)(H,30,31);2*(H,6,7). The number of benzene rings is 3. The smallest absolute Gasteiger partial charge is 0.478 e. The summed E-state index contributed by atoms with van der Waals surface area (Å²) in [6, 6.07) is 18.6. The van der Waals surface area contributed by atoms with E-state index in [0.717, 1.165) is 42.3 Å². The number of carbonyl (C=O) groups excluding carboxylic acids is 1. The number of nitrogens with zero attached hydrogens (tertiary/aromatic N) is 1. The van der Waals surface area contributed by atoms with Crippen LogP contribution in [0.5, 0.6) is 0 Å². The first-order chi connectivity index (χ1) is 20.8. The molecule has 0 aliphatic carbocycles. The van der Waals surface area contributed by atoms with Crippen LogP contribution in [0.3, 0.4) is 0 Å². The van der Waals surface area contributed by atoms with Gasteiger partial charge in [-0.2, -0.15) is 26.3 Å². The van der Waals surface area contributed by atoms with E-state index in [4.69, 9.17) is 30.6 Å². The van der Waals surface area contributed by atoms with E-state index in [-0.39, 0.29) is 11.5 Å². The lowest BCUT2D eigenvalue weighted by atomic mass is 10.0. The molecule has 0 radical (unpaired) electrons. The molecular weight excluding hydrogens is 616 g/mol. The minimum Gasteiger partial charge on any atom is -0.478 e. The fourth-order valence-corrected chi connectivity index (χ4v) is 3.49. The Bertz CT molecular complexity index is 1420. The van der Waals surface area contributed by atoms with E-state index in [1.807, 2.05) is 0 Å². The molecule has 0 saturated carbocycles. The van der Waals surface area contributed by atoms with Gasteiger partial charge in [0.15, 0.2) is 0 Å². The van der Waals surface area contributed by atoms with Gasteiger partial charge < -0.3 is 31.3 Å². The molecule has 246 valence electrons. The lowest BCUT2D eigenvalue weighted by molar-refractivity contribution is -0.193. The summed E-state index contributed by atoms with van der Waals surface area (Å²) in [5, 5.41) is 27.9. The monoisotopic (exact) mass is 647 g/mol. The van der Waals surface area contributed by atoms with Crippen molar-refractivity contribution in [2.24, 2.45) is 5.73 Å². The van der Waals surface area contributed by atoms with E-state index in [2.05, 4.69) is 41.5 Å². The predicted octanol–water partition coefficient (Wildman–Crippen LogP) is 4.56. The van der Waals surface area contributed by atoms with Crippen molar-refractivity contribution < 1.29 is 60.8 Å². The molecule has 3 aromatic carbocycles. The number of nitrogens with two attached hydrogens (primary N) is 1. The third-order valence-electron chi connectivity index (χ3n) is 5.88. The number of aliphatic carboxylic acids is 2. The first-order valence-corrected chi connectivity index (χ1v) is 13.0. The number of fused-ring (bicyclic) bond motifs is 1.